The zero-order valence-corrected chi connectivity index (χ0v) is 11.8. The van der Waals surface area contributed by atoms with Crippen LogP contribution in [0.5, 0.6) is 5.75 Å². The minimum Gasteiger partial charge on any atom is -0.497 e. The second-order valence-electron chi connectivity index (χ2n) is 4.86. The van der Waals surface area contributed by atoms with Crippen molar-refractivity contribution in [2.75, 3.05) is 13.7 Å². The maximum atomic E-state index is 10.7. The zero-order chi connectivity index (χ0) is 14.5. The van der Waals surface area contributed by atoms with Crippen molar-refractivity contribution in [3.05, 3.63) is 42.0 Å². The van der Waals surface area contributed by atoms with Crippen LogP contribution >= 0.6 is 0 Å². The lowest BCUT2D eigenvalue weighted by Gasteiger charge is -2.14. The van der Waals surface area contributed by atoms with E-state index in [0.717, 1.165) is 11.1 Å². The van der Waals surface area contributed by atoms with Gasteiger partial charge in [0.2, 0.25) is 5.91 Å². The summed E-state index contributed by atoms with van der Waals surface area (Å²) in [6.07, 6.45) is 0.356. The number of carbonyl (C=O) groups excluding carboxylic acids is 1. The Labute approximate surface area is 118 Å². The molecule has 1 unspecified atom stereocenters. The molecule has 4 heteroatoms. The molecule has 2 rings (SSSR count). The molecule has 4 nitrogen and oxygen atoms in total. The van der Waals surface area contributed by atoms with Crippen molar-refractivity contribution in [2.45, 2.75) is 19.4 Å². The molecule has 0 aromatic heterocycles. The lowest BCUT2D eigenvalue weighted by molar-refractivity contribution is -0.117. The molecule has 20 heavy (non-hydrogen) atoms. The van der Waals surface area contributed by atoms with Crippen molar-refractivity contribution in [1.82, 2.24) is 5.32 Å². The van der Waals surface area contributed by atoms with Crippen LogP contribution in [0.4, 0.5) is 0 Å². The number of amides is 1. The maximum Gasteiger partial charge on any atom is 0.218 e. The van der Waals surface area contributed by atoms with Crippen LogP contribution in [-0.4, -0.2) is 19.6 Å². The largest absolute Gasteiger partial charge is 0.497 e. The van der Waals surface area contributed by atoms with E-state index in [4.69, 9.17) is 10.5 Å². The lowest BCUT2D eigenvalue weighted by Crippen LogP contribution is -2.24. The Bertz CT molecular complexity index is 610. The molecule has 3 N–H and O–H groups in total. The van der Waals surface area contributed by atoms with Crippen molar-refractivity contribution in [3.8, 4) is 5.75 Å². The number of nitrogens with one attached hydrogen (secondary N) is 1. The van der Waals surface area contributed by atoms with Crippen LogP contribution in [0.15, 0.2) is 36.4 Å². The van der Waals surface area contributed by atoms with E-state index in [0.29, 0.717) is 13.0 Å². The van der Waals surface area contributed by atoms with Gasteiger partial charge in [0, 0.05) is 19.0 Å². The Hall–Kier alpha value is -2.07. The number of ether oxygens (including phenoxy) is 1. The van der Waals surface area contributed by atoms with E-state index in [2.05, 4.69) is 30.4 Å². The second-order valence-corrected chi connectivity index (χ2v) is 4.86. The highest BCUT2D eigenvalue weighted by Gasteiger charge is 2.06. The van der Waals surface area contributed by atoms with Gasteiger partial charge in [-0.15, -0.1) is 0 Å². The molecule has 0 fully saturated rings. The number of rotatable bonds is 6. The molecule has 0 bridgehead atoms. The summed E-state index contributed by atoms with van der Waals surface area (Å²) >= 11 is 0. The van der Waals surface area contributed by atoms with Crippen LogP contribution in [0.2, 0.25) is 0 Å². The van der Waals surface area contributed by atoms with Crippen molar-refractivity contribution in [2.24, 2.45) is 5.73 Å². The molecule has 0 saturated heterocycles. The first kappa shape index (κ1) is 14.3. The topological polar surface area (TPSA) is 64.3 Å². The summed E-state index contributed by atoms with van der Waals surface area (Å²) in [5, 5.41) is 5.62. The monoisotopic (exact) mass is 272 g/mol. The molecule has 0 spiro atoms. The summed E-state index contributed by atoms with van der Waals surface area (Å²) in [6, 6.07) is 12.5. The maximum absolute atomic E-state index is 10.7. The normalized spacial score (nSPS) is 12.3. The Morgan fingerprint density at radius 3 is 2.65 bits per heavy atom. The van der Waals surface area contributed by atoms with Gasteiger partial charge in [0.1, 0.15) is 5.75 Å². The summed E-state index contributed by atoms with van der Waals surface area (Å²) in [7, 11) is 1.67. The first-order chi connectivity index (χ1) is 9.60. The molecule has 0 radical (unpaired) electrons. The Balaban J connectivity index is 2.12. The number of benzene rings is 2. The van der Waals surface area contributed by atoms with Crippen LogP contribution < -0.4 is 15.8 Å². The van der Waals surface area contributed by atoms with Crippen LogP contribution in [-0.2, 0) is 4.79 Å². The smallest absolute Gasteiger partial charge is 0.218 e. The fourth-order valence-electron chi connectivity index (χ4n) is 2.17. The SMILES string of the molecule is COc1ccc2cc(C(C)NCCC(N)=O)ccc2c1. The molecule has 1 amide bonds. The third-order valence-corrected chi connectivity index (χ3v) is 3.39. The molecule has 0 heterocycles. The molecule has 0 aliphatic carbocycles. The summed E-state index contributed by atoms with van der Waals surface area (Å²) in [5.41, 5.74) is 6.32. The van der Waals surface area contributed by atoms with Crippen LogP contribution in [0.25, 0.3) is 10.8 Å². The first-order valence-corrected chi connectivity index (χ1v) is 6.69. The van der Waals surface area contributed by atoms with Crippen LogP contribution in [0.1, 0.15) is 24.9 Å². The second kappa shape index (κ2) is 6.39. The number of fused-ring (bicyclic) bond motifs is 1. The van der Waals surface area contributed by atoms with Gasteiger partial charge in [-0.25, -0.2) is 0 Å². The van der Waals surface area contributed by atoms with E-state index in [9.17, 15) is 4.79 Å². The van der Waals surface area contributed by atoms with Gasteiger partial charge in [-0.3, -0.25) is 4.79 Å². The predicted octanol–water partition coefficient (Wildman–Crippen LogP) is 2.37. The quantitative estimate of drug-likeness (QED) is 0.848. The van der Waals surface area contributed by atoms with Crippen LogP contribution in [0, 0.1) is 0 Å². The Morgan fingerprint density at radius 1 is 1.25 bits per heavy atom. The highest BCUT2D eigenvalue weighted by atomic mass is 16.5. The standard InChI is InChI=1S/C16H20N2O2/c1-11(18-8-7-16(17)19)12-3-4-14-10-15(20-2)6-5-13(14)9-12/h3-6,9-11,18H,7-8H2,1-2H3,(H2,17,19). The van der Waals surface area contributed by atoms with Crippen LogP contribution in [0.3, 0.4) is 0 Å². The van der Waals surface area contributed by atoms with Gasteiger partial charge in [-0.1, -0.05) is 18.2 Å². The number of hydrogen-bond acceptors (Lipinski definition) is 3. The Morgan fingerprint density at radius 2 is 1.95 bits per heavy atom. The molecule has 0 saturated carbocycles. The lowest BCUT2D eigenvalue weighted by atomic mass is 10.0. The fourth-order valence-corrected chi connectivity index (χ4v) is 2.17. The van der Waals surface area contributed by atoms with Crippen molar-refractivity contribution < 1.29 is 9.53 Å². The van der Waals surface area contributed by atoms with E-state index >= 15 is 0 Å². The van der Waals surface area contributed by atoms with E-state index in [-0.39, 0.29) is 11.9 Å². The van der Waals surface area contributed by atoms with Gasteiger partial charge in [0.25, 0.3) is 0 Å². The number of hydrogen-bond donors (Lipinski definition) is 2. The van der Waals surface area contributed by atoms with E-state index < -0.39 is 0 Å². The number of methoxy groups -OCH3 is 1. The average molecular weight is 272 g/mol. The summed E-state index contributed by atoms with van der Waals surface area (Å²) in [5.74, 6) is 0.577. The molecule has 2 aromatic carbocycles. The predicted molar refractivity (Wildman–Crippen MR) is 80.7 cm³/mol. The zero-order valence-electron chi connectivity index (χ0n) is 11.8. The molecule has 2 aromatic rings. The molecule has 0 aliphatic heterocycles. The molecular weight excluding hydrogens is 252 g/mol. The summed E-state index contributed by atoms with van der Waals surface area (Å²) in [4.78, 5) is 10.7. The van der Waals surface area contributed by atoms with Gasteiger partial charge < -0.3 is 15.8 Å². The van der Waals surface area contributed by atoms with E-state index in [1.807, 2.05) is 18.2 Å². The van der Waals surface area contributed by atoms with Crippen molar-refractivity contribution in [1.29, 1.82) is 0 Å². The third kappa shape index (κ3) is 3.48. The molecule has 106 valence electrons. The number of carbonyl (C=O) groups is 1. The summed E-state index contributed by atoms with van der Waals surface area (Å²) < 4.78 is 5.22. The van der Waals surface area contributed by atoms with Gasteiger partial charge in [-0.05, 0) is 41.5 Å². The van der Waals surface area contributed by atoms with E-state index in [1.54, 1.807) is 7.11 Å². The van der Waals surface area contributed by atoms with E-state index in [1.165, 1.54) is 10.9 Å². The highest BCUT2D eigenvalue weighted by Crippen LogP contribution is 2.24. The van der Waals surface area contributed by atoms with Gasteiger partial charge in [-0.2, -0.15) is 0 Å². The molecular formula is C16H20N2O2. The fraction of sp³-hybridized carbons (Fsp3) is 0.312. The average Bonchev–Trinajstić information content (AvgIpc) is 2.45. The highest BCUT2D eigenvalue weighted by molar-refractivity contribution is 5.84. The minimum absolute atomic E-state index is 0.181. The van der Waals surface area contributed by atoms with Crippen molar-refractivity contribution >= 4 is 16.7 Å². The minimum atomic E-state index is -0.282. The number of primary amides is 1. The summed E-state index contributed by atoms with van der Waals surface area (Å²) in [6.45, 7) is 2.67. The third-order valence-electron chi connectivity index (χ3n) is 3.39. The number of nitrogens with two attached hydrogens (primary N) is 1. The first-order valence-electron chi connectivity index (χ1n) is 6.69. The van der Waals surface area contributed by atoms with Gasteiger partial charge >= 0.3 is 0 Å². The van der Waals surface area contributed by atoms with Gasteiger partial charge in [0.05, 0.1) is 7.11 Å². The Kier molecular flexibility index (Phi) is 4.58. The molecule has 0 aliphatic rings. The molecule has 1 atom stereocenters. The van der Waals surface area contributed by atoms with Crippen molar-refractivity contribution in [3.63, 3.8) is 0 Å². The van der Waals surface area contributed by atoms with Gasteiger partial charge in [0.15, 0.2) is 0 Å².